The van der Waals surface area contributed by atoms with Crippen LogP contribution in [0.1, 0.15) is 31.2 Å². The zero-order valence-corrected chi connectivity index (χ0v) is 10.3. The fourth-order valence-corrected chi connectivity index (χ4v) is 2.44. The molecule has 0 radical (unpaired) electrons. The molecule has 94 valence electrons. The molecule has 0 aliphatic carbocycles. The first-order chi connectivity index (χ1) is 8.29. The van der Waals surface area contributed by atoms with Gasteiger partial charge in [0.2, 0.25) is 0 Å². The second-order valence-electron chi connectivity index (χ2n) is 4.64. The van der Waals surface area contributed by atoms with Crippen molar-refractivity contribution < 1.29 is 9.13 Å². The van der Waals surface area contributed by atoms with Gasteiger partial charge in [-0.2, -0.15) is 0 Å². The molecule has 17 heavy (non-hydrogen) atoms. The Morgan fingerprint density at radius 3 is 3.00 bits per heavy atom. The molecule has 1 aliphatic rings. The molecule has 1 unspecified atom stereocenters. The van der Waals surface area contributed by atoms with Gasteiger partial charge < -0.3 is 10.1 Å². The zero-order chi connectivity index (χ0) is 12.1. The molecule has 0 saturated carbocycles. The van der Waals surface area contributed by atoms with Gasteiger partial charge in [-0.05, 0) is 56.0 Å². The van der Waals surface area contributed by atoms with Gasteiger partial charge in [0.1, 0.15) is 11.6 Å². The lowest BCUT2D eigenvalue weighted by molar-refractivity contribution is 0.376. The smallest absolute Gasteiger partial charge is 0.123 e. The molecule has 1 heterocycles. The van der Waals surface area contributed by atoms with E-state index in [1.807, 2.05) is 0 Å². The minimum absolute atomic E-state index is 0.183. The van der Waals surface area contributed by atoms with E-state index in [4.69, 9.17) is 4.74 Å². The first-order valence-corrected chi connectivity index (χ1v) is 6.35. The monoisotopic (exact) mass is 237 g/mol. The Hall–Kier alpha value is -1.09. The van der Waals surface area contributed by atoms with Crippen LogP contribution in [0.15, 0.2) is 18.2 Å². The van der Waals surface area contributed by atoms with E-state index in [1.54, 1.807) is 19.2 Å². The summed E-state index contributed by atoms with van der Waals surface area (Å²) in [5.41, 5.74) is 0.972. The molecule has 2 rings (SSSR count). The third-order valence-electron chi connectivity index (χ3n) is 3.42. The van der Waals surface area contributed by atoms with Gasteiger partial charge in [-0.3, -0.25) is 0 Å². The number of hydrogen-bond acceptors (Lipinski definition) is 2. The number of methoxy groups -OCH3 is 1. The van der Waals surface area contributed by atoms with Crippen LogP contribution in [0.3, 0.4) is 0 Å². The van der Waals surface area contributed by atoms with Crippen LogP contribution >= 0.6 is 0 Å². The Morgan fingerprint density at radius 1 is 1.41 bits per heavy atom. The molecular weight excluding hydrogens is 217 g/mol. The highest BCUT2D eigenvalue weighted by Crippen LogP contribution is 2.22. The first kappa shape index (κ1) is 12.4. The van der Waals surface area contributed by atoms with Gasteiger partial charge in [0.15, 0.2) is 0 Å². The number of ether oxygens (including phenoxy) is 1. The third kappa shape index (κ3) is 3.43. The van der Waals surface area contributed by atoms with E-state index in [0.717, 1.165) is 30.7 Å². The van der Waals surface area contributed by atoms with Crippen LogP contribution in [-0.2, 0) is 6.42 Å². The lowest BCUT2D eigenvalue weighted by Crippen LogP contribution is -2.34. The molecule has 1 aliphatic heterocycles. The Balaban J connectivity index is 1.95. The van der Waals surface area contributed by atoms with Gasteiger partial charge >= 0.3 is 0 Å². The van der Waals surface area contributed by atoms with Crippen molar-refractivity contribution in [3.8, 4) is 5.75 Å². The van der Waals surface area contributed by atoms with Crippen molar-refractivity contribution in [1.82, 2.24) is 5.32 Å². The molecular formula is C14H20FNO. The summed E-state index contributed by atoms with van der Waals surface area (Å²) in [6, 6.07) is 5.32. The first-order valence-electron chi connectivity index (χ1n) is 6.35. The number of hydrogen-bond donors (Lipinski definition) is 1. The molecule has 1 N–H and O–H groups in total. The SMILES string of the molecule is COc1ccc(F)cc1CCC1CCCCN1. The van der Waals surface area contributed by atoms with Crippen LogP contribution in [0.2, 0.25) is 0 Å². The number of aryl methyl sites for hydroxylation is 1. The lowest BCUT2D eigenvalue weighted by atomic mass is 9.97. The maximum atomic E-state index is 13.2. The van der Waals surface area contributed by atoms with Crippen LogP contribution < -0.4 is 10.1 Å². The van der Waals surface area contributed by atoms with Crippen LogP contribution in [0.25, 0.3) is 0 Å². The molecule has 1 atom stereocenters. The maximum Gasteiger partial charge on any atom is 0.123 e. The van der Waals surface area contributed by atoms with Crippen LogP contribution in [0, 0.1) is 5.82 Å². The average Bonchev–Trinajstić information content (AvgIpc) is 2.38. The van der Waals surface area contributed by atoms with Gasteiger partial charge in [-0.1, -0.05) is 6.42 Å². The molecule has 1 saturated heterocycles. The summed E-state index contributed by atoms with van der Waals surface area (Å²) < 4.78 is 18.4. The number of halogens is 1. The van der Waals surface area contributed by atoms with Crippen LogP contribution in [0.5, 0.6) is 5.75 Å². The summed E-state index contributed by atoms with van der Waals surface area (Å²) in [4.78, 5) is 0. The second-order valence-corrected chi connectivity index (χ2v) is 4.64. The highest BCUT2D eigenvalue weighted by atomic mass is 19.1. The standard InChI is InChI=1S/C14H20FNO/c1-17-14-8-6-12(15)10-11(14)5-7-13-4-2-3-9-16-13/h6,8,10,13,16H,2-5,7,9H2,1H3. The van der Waals surface area contributed by atoms with Crippen LogP contribution in [0.4, 0.5) is 4.39 Å². The van der Waals surface area contributed by atoms with Gasteiger partial charge in [0, 0.05) is 6.04 Å². The van der Waals surface area contributed by atoms with E-state index in [1.165, 1.54) is 25.3 Å². The Bertz CT molecular complexity index is 361. The van der Waals surface area contributed by atoms with Crippen molar-refractivity contribution in [1.29, 1.82) is 0 Å². The van der Waals surface area contributed by atoms with Crippen LogP contribution in [-0.4, -0.2) is 19.7 Å². The molecule has 3 heteroatoms. The fraction of sp³-hybridized carbons (Fsp3) is 0.571. The van der Waals surface area contributed by atoms with Gasteiger partial charge in [0.25, 0.3) is 0 Å². The predicted octanol–water partition coefficient (Wildman–Crippen LogP) is 2.91. The number of benzene rings is 1. The van der Waals surface area contributed by atoms with Crippen molar-refractivity contribution in [3.05, 3.63) is 29.6 Å². The summed E-state index contributed by atoms with van der Waals surface area (Å²) in [6.45, 7) is 1.12. The highest BCUT2D eigenvalue weighted by molar-refractivity contribution is 5.34. The minimum Gasteiger partial charge on any atom is -0.496 e. The maximum absolute atomic E-state index is 13.2. The molecule has 0 aromatic heterocycles. The van der Waals surface area contributed by atoms with E-state index in [-0.39, 0.29) is 5.82 Å². The summed E-state index contributed by atoms with van der Waals surface area (Å²) in [5, 5.41) is 3.51. The Morgan fingerprint density at radius 2 is 2.29 bits per heavy atom. The van der Waals surface area contributed by atoms with Crippen molar-refractivity contribution in [2.75, 3.05) is 13.7 Å². The van der Waals surface area contributed by atoms with Crippen molar-refractivity contribution in [2.45, 2.75) is 38.1 Å². The lowest BCUT2D eigenvalue weighted by Gasteiger charge is -2.23. The minimum atomic E-state index is -0.183. The average molecular weight is 237 g/mol. The van der Waals surface area contributed by atoms with Gasteiger partial charge in [0.05, 0.1) is 7.11 Å². The Labute approximate surface area is 102 Å². The molecule has 1 aromatic rings. The van der Waals surface area contributed by atoms with E-state index < -0.39 is 0 Å². The fourth-order valence-electron chi connectivity index (χ4n) is 2.44. The molecule has 0 amide bonds. The quantitative estimate of drug-likeness (QED) is 0.869. The molecule has 0 bridgehead atoms. The van der Waals surface area contributed by atoms with E-state index in [2.05, 4.69) is 5.32 Å². The largest absolute Gasteiger partial charge is 0.496 e. The van der Waals surface area contributed by atoms with E-state index >= 15 is 0 Å². The molecule has 2 nitrogen and oxygen atoms in total. The van der Waals surface area contributed by atoms with E-state index in [9.17, 15) is 4.39 Å². The number of piperidine rings is 1. The summed E-state index contributed by atoms with van der Waals surface area (Å²) in [6.07, 6.45) is 5.74. The number of nitrogens with one attached hydrogen (secondary N) is 1. The summed E-state index contributed by atoms with van der Waals surface area (Å²) >= 11 is 0. The second kappa shape index (κ2) is 6.01. The topological polar surface area (TPSA) is 21.3 Å². The summed E-state index contributed by atoms with van der Waals surface area (Å²) in [5.74, 6) is 0.611. The normalized spacial score (nSPS) is 20.2. The molecule has 1 aromatic carbocycles. The van der Waals surface area contributed by atoms with E-state index in [0.29, 0.717) is 6.04 Å². The van der Waals surface area contributed by atoms with Crippen molar-refractivity contribution in [2.24, 2.45) is 0 Å². The highest BCUT2D eigenvalue weighted by Gasteiger charge is 2.13. The Kier molecular flexibility index (Phi) is 4.37. The van der Waals surface area contributed by atoms with Gasteiger partial charge in [-0.25, -0.2) is 4.39 Å². The number of rotatable bonds is 4. The van der Waals surface area contributed by atoms with Crippen molar-refractivity contribution in [3.63, 3.8) is 0 Å². The zero-order valence-electron chi connectivity index (χ0n) is 10.3. The molecule has 0 spiro atoms. The predicted molar refractivity (Wildman–Crippen MR) is 66.9 cm³/mol. The summed E-state index contributed by atoms with van der Waals surface area (Å²) in [7, 11) is 1.63. The van der Waals surface area contributed by atoms with Gasteiger partial charge in [-0.15, -0.1) is 0 Å². The van der Waals surface area contributed by atoms with Crippen molar-refractivity contribution >= 4 is 0 Å². The molecule has 1 fully saturated rings. The third-order valence-corrected chi connectivity index (χ3v) is 3.42.